The van der Waals surface area contributed by atoms with Crippen molar-refractivity contribution in [2.45, 2.75) is 32.6 Å². The zero-order valence-corrected chi connectivity index (χ0v) is 11.3. The van der Waals surface area contributed by atoms with Crippen LogP contribution in [0.15, 0.2) is 33.4 Å². The molecule has 2 heterocycles. The van der Waals surface area contributed by atoms with Crippen LogP contribution in [0, 0.1) is 0 Å². The Morgan fingerprint density at radius 2 is 1.89 bits per heavy atom. The van der Waals surface area contributed by atoms with Crippen LogP contribution in [-0.4, -0.2) is 43.5 Å². The van der Waals surface area contributed by atoms with Crippen molar-refractivity contribution in [1.82, 2.24) is 4.90 Å². The van der Waals surface area contributed by atoms with Crippen LogP contribution in [0.1, 0.15) is 32.6 Å². The second kappa shape index (κ2) is 7.14. The second-order valence-corrected chi connectivity index (χ2v) is 4.84. The first-order valence-electron chi connectivity index (χ1n) is 7.03. The molecule has 0 aromatic heterocycles. The van der Waals surface area contributed by atoms with Gasteiger partial charge in [-0.25, -0.2) is 0 Å². The van der Waals surface area contributed by atoms with Crippen LogP contribution in [0.4, 0.5) is 0 Å². The van der Waals surface area contributed by atoms with Gasteiger partial charge in [0.1, 0.15) is 0 Å². The molecule has 0 amide bonds. The summed E-state index contributed by atoms with van der Waals surface area (Å²) < 4.78 is 0. The number of piperidine rings is 1. The lowest BCUT2D eigenvalue weighted by atomic mass is 10.1. The fraction of sp³-hybridized carbons (Fsp3) is 0.600. The number of aliphatic imine (C=N–C) groups is 2. The van der Waals surface area contributed by atoms with E-state index >= 15 is 0 Å². The molecule has 0 saturated carbocycles. The smallest absolute Gasteiger partial charge is 0.0603 e. The third-order valence-electron chi connectivity index (χ3n) is 3.51. The number of hydrogen-bond acceptors (Lipinski definition) is 3. The fourth-order valence-electron chi connectivity index (χ4n) is 2.37. The summed E-state index contributed by atoms with van der Waals surface area (Å²) >= 11 is 0. The van der Waals surface area contributed by atoms with E-state index in [9.17, 15) is 0 Å². The lowest BCUT2D eigenvalue weighted by molar-refractivity contribution is 0.292. The van der Waals surface area contributed by atoms with E-state index in [0.717, 1.165) is 19.5 Å². The van der Waals surface area contributed by atoms with E-state index in [1.54, 1.807) is 0 Å². The average molecular weight is 245 g/mol. The third kappa shape index (κ3) is 3.83. The van der Waals surface area contributed by atoms with Crippen molar-refractivity contribution in [3.63, 3.8) is 0 Å². The Balaban J connectivity index is 2.16. The van der Waals surface area contributed by atoms with Gasteiger partial charge in [0.25, 0.3) is 0 Å². The van der Waals surface area contributed by atoms with Crippen molar-refractivity contribution in [3.05, 3.63) is 23.4 Å². The molecule has 0 bridgehead atoms. The van der Waals surface area contributed by atoms with E-state index in [0.29, 0.717) is 0 Å². The molecule has 2 rings (SSSR count). The number of hydrogen-bond donors (Lipinski definition) is 0. The van der Waals surface area contributed by atoms with Crippen molar-refractivity contribution >= 4 is 12.4 Å². The Hall–Kier alpha value is -1.38. The minimum Gasteiger partial charge on any atom is -0.372 e. The molecule has 0 aromatic rings. The molecule has 18 heavy (non-hydrogen) atoms. The molecule has 0 spiro atoms. The van der Waals surface area contributed by atoms with Crippen molar-refractivity contribution in [1.29, 1.82) is 0 Å². The Labute approximate surface area is 110 Å². The van der Waals surface area contributed by atoms with Crippen molar-refractivity contribution in [3.8, 4) is 0 Å². The lowest BCUT2D eigenvalue weighted by Gasteiger charge is -2.30. The van der Waals surface area contributed by atoms with Gasteiger partial charge in [-0.15, -0.1) is 0 Å². The van der Waals surface area contributed by atoms with Crippen LogP contribution in [0.3, 0.4) is 0 Å². The van der Waals surface area contributed by atoms with Crippen molar-refractivity contribution in [2.75, 3.05) is 26.2 Å². The predicted molar refractivity (Wildman–Crippen MR) is 78.6 cm³/mol. The molecule has 0 atom stereocenters. The van der Waals surface area contributed by atoms with Gasteiger partial charge in [0.15, 0.2) is 0 Å². The summed E-state index contributed by atoms with van der Waals surface area (Å²) in [6, 6.07) is 0. The summed E-state index contributed by atoms with van der Waals surface area (Å²) in [6.07, 6.45) is 13.3. The summed E-state index contributed by atoms with van der Waals surface area (Å²) in [7, 11) is 0. The minimum atomic E-state index is 0.755. The second-order valence-electron chi connectivity index (χ2n) is 4.84. The molecule has 3 heteroatoms. The van der Waals surface area contributed by atoms with Gasteiger partial charge >= 0.3 is 0 Å². The highest BCUT2D eigenvalue weighted by molar-refractivity contribution is 6.16. The van der Waals surface area contributed by atoms with Crippen LogP contribution in [0.5, 0.6) is 0 Å². The molecule has 0 aromatic carbocycles. The summed E-state index contributed by atoms with van der Waals surface area (Å²) in [5, 5.41) is 0. The van der Waals surface area contributed by atoms with Gasteiger partial charge < -0.3 is 4.90 Å². The van der Waals surface area contributed by atoms with Gasteiger partial charge in [0.2, 0.25) is 0 Å². The monoisotopic (exact) mass is 245 g/mol. The summed E-state index contributed by atoms with van der Waals surface area (Å²) in [6.45, 7) is 6.13. The first-order chi connectivity index (χ1) is 8.90. The summed E-state index contributed by atoms with van der Waals surface area (Å²) in [4.78, 5) is 11.2. The van der Waals surface area contributed by atoms with E-state index in [4.69, 9.17) is 0 Å². The van der Waals surface area contributed by atoms with Gasteiger partial charge in [0, 0.05) is 31.2 Å². The first-order valence-corrected chi connectivity index (χ1v) is 7.03. The summed E-state index contributed by atoms with van der Waals surface area (Å²) in [5.74, 6) is 0. The fourth-order valence-corrected chi connectivity index (χ4v) is 2.37. The molecule has 0 aliphatic carbocycles. The molecule has 1 saturated heterocycles. The van der Waals surface area contributed by atoms with Gasteiger partial charge in [-0.3, -0.25) is 9.98 Å². The van der Waals surface area contributed by atoms with Crippen LogP contribution in [-0.2, 0) is 0 Å². The molecule has 2 aliphatic heterocycles. The molecular formula is C15H23N3. The first kappa shape index (κ1) is 13.1. The molecule has 1 fully saturated rings. The Morgan fingerprint density at radius 1 is 1.11 bits per heavy atom. The maximum atomic E-state index is 4.38. The van der Waals surface area contributed by atoms with Crippen LogP contribution in [0.25, 0.3) is 0 Å². The highest BCUT2D eigenvalue weighted by atomic mass is 15.1. The van der Waals surface area contributed by atoms with Gasteiger partial charge in [0.05, 0.1) is 13.1 Å². The van der Waals surface area contributed by atoms with Gasteiger partial charge in [-0.1, -0.05) is 6.92 Å². The summed E-state index contributed by atoms with van der Waals surface area (Å²) in [5.41, 5.74) is 2.75. The maximum Gasteiger partial charge on any atom is 0.0603 e. The van der Waals surface area contributed by atoms with E-state index in [1.165, 1.54) is 43.6 Å². The van der Waals surface area contributed by atoms with Gasteiger partial charge in [-0.05, 0) is 43.4 Å². The molecule has 2 aliphatic rings. The Morgan fingerprint density at radius 3 is 2.67 bits per heavy atom. The SMILES string of the molecule is CC/C1=C/C(N2CCCCC2)=C\C/N=C\C=N/C1. The maximum absolute atomic E-state index is 4.38. The highest BCUT2D eigenvalue weighted by Crippen LogP contribution is 2.18. The molecule has 0 N–H and O–H groups in total. The number of allylic oxidation sites excluding steroid dienone is 1. The molecule has 3 nitrogen and oxygen atoms in total. The van der Waals surface area contributed by atoms with E-state index in [1.807, 2.05) is 12.4 Å². The van der Waals surface area contributed by atoms with Crippen molar-refractivity contribution < 1.29 is 0 Å². The largest absolute Gasteiger partial charge is 0.372 e. The van der Waals surface area contributed by atoms with E-state index < -0.39 is 0 Å². The molecule has 0 unspecified atom stereocenters. The molecular weight excluding hydrogens is 222 g/mol. The molecule has 0 radical (unpaired) electrons. The minimum absolute atomic E-state index is 0.755. The van der Waals surface area contributed by atoms with Crippen LogP contribution < -0.4 is 0 Å². The van der Waals surface area contributed by atoms with E-state index in [2.05, 4.69) is 34.0 Å². The topological polar surface area (TPSA) is 28.0 Å². The number of likely N-dealkylation sites (tertiary alicyclic amines) is 1. The quantitative estimate of drug-likeness (QED) is 0.735. The standard InChI is InChI=1S/C15H23N3/c1-2-14-12-15(18-10-4-3-5-11-18)6-7-16-8-9-17-13-14/h6,8-9,12H,2-5,7,10-11,13H2,1H3/b14-12-,15-6+,16-8-,17-9-. The van der Waals surface area contributed by atoms with Crippen LogP contribution in [0.2, 0.25) is 0 Å². The number of nitrogens with zero attached hydrogens (tertiary/aromatic N) is 3. The Bertz CT molecular complexity index is 371. The Kier molecular flexibility index (Phi) is 5.18. The zero-order chi connectivity index (χ0) is 12.6. The highest BCUT2D eigenvalue weighted by Gasteiger charge is 2.12. The van der Waals surface area contributed by atoms with E-state index in [-0.39, 0.29) is 0 Å². The predicted octanol–water partition coefficient (Wildman–Crippen LogP) is 2.85. The zero-order valence-electron chi connectivity index (χ0n) is 11.3. The number of rotatable bonds is 2. The lowest BCUT2D eigenvalue weighted by Crippen LogP contribution is -2.28. The third-order valence-corrected chi connectivity index (χ3v) is 3.51. The molecule has 98 valence electrons. The van der Waals surface area contributed by atoms with Crippen LogP contribution >= 0.6 is 0 Å². The average Bonchev–Trinajstić information content (AvgIpc) is 2.45. The van der Waals surface area contributed by atoms with Gasteiger partial charge in [-0.2, -0.15) is 0 Å². The normalized spacial score (nSPS) is 30.8. The van der Waals surface area contributed by atoms with Crippen molar-refractivity contribution in [2.24, 2.45) is 9.98 Å².